The van der Waals surface area contributed by atoms with Crippen molar-refractivity contribution in [3.8, 4) is 0 Å². The maximum atomic E-state index is 2.60. The molecule has 34 heavy (non-hydrogen) atoms. The molecular formula is C33H45P. The van der Waals surface area contributed by atoms with Crippen molar-refractivity contribution in [1.29, 1.82) is 0 Å². The highest BCUT2D eigenvalue weighted by Gasteiger charge is 2.23. The average molecular weight is 473 g/mol. The molecule has 3 aromatic carbocycles. The van der Waals surface area contributed by atoms with Crippen molar-refractivity contribution in [2.45, 2.75) is 97.8 Å². The third-order valence-electron chi connectivity index (χ3n) is 6.75. The Morgan fingerprint density at radius 3 is 1.32 bits per heavy atom. The van der Waals surface area contributed by atoms with Gasteiger partial charge in [-0.1, -0.05) is 132 Å². The fourth-order valence-electron chi connectivity index (χ4n) is 4.92. The van der Waals surface area contributed by atoms with Crippen molar-refractivity contribution in [3.63, 3.8) is 0 Å². The van der Waals surface area contributed by atoms with Crippen LogP contribution in [0.1, 0.15) is 95.2 Å². The van der Waals surface area contributed by atoms with Crippen LogP contribution in [-0.4, -0.2) is 0 Å². The SMILES string of the molecule is CCCCCc1cc(CCCCC)c(P(c2ccccc2)c2ccccc2)c(CCCCC)c1. The molecule has 0 radical (unpaired) electrons. The monoisotopic (exact) mass is 472 g/mol. The van der Waals surface area contributed by atoms with Gasteiger partial charge in [-0.25, -0.2) is 0 Å². The maximum Gasteiger partial charge on any atom is -0.00868 e. The zero-order valence-corrected chi connectivity index (χ0v) is 22.8. The van der Waals surface area contributed by atoms with Crippen LogP contribution in [0.2, 0.25) is 0 Å². The number of aryl methyl sites for hydroxylation is 3. The van der Waals surface area contributed by atoms with E-state index in [1.807, 2.05) is 0 Å². The summed E-state index contributed by atoms with van der Waals surface area (Å²) in [5.41, 5.74) is 4.84. The minimum atomic E-state index is -0.558. The molecule has 0 spiro atoms. The molecule has 0 atom stereocenters. The summed E-state index contributed by atoms with van der Waals surface area (Å²) in [5, 5.41) is 4.63. The van der Waals surface area contributed by atoms with Crippen LogP contribution in [0.3, 0.4) is 0 Å². The highest BCUT2D eigenvalue weighted by atomic mass is 31.1. The van der Waals surface area contributed by atoms with E-state index in [1.165, 1.54) is 87.7 Å². The van der Waals surface area contributed by atoms with Crippen molar-refractivity contribution in [2.75, 3.05) is 0 Å². The third kappa shape index (κ3) is 7.81. The van der Waals surface area contributed by atoms with Gasteiger partial charge in [0.05, 0.1) is 0 Å². The Morgan fingerprint density at radius 1 is 0.500 bits per heavy atom. The lowest BCUT2D eigenvalue weighted by molar-refractivity contribution is 0.702. The Bertz CT molecular complexity index is 874. The summed E-state index contributed by atoms with van der Waals surface area (Å²) in [6.07, 6.45) is 15.4. The number of rotatable bonds is 15. The van der Waals surface area contributed by atoms with Crippen molar-refractivity contribution < 1.29 is 0 Å². The van der Waals surface area contributed by atoms with Gasteiger partial charge in [0.25, 0.3) is 0 Å². The van der Waals surface area contributed by atoms with Gasteiger partial charge in [-0.15, -0.1) is 0 Å². The number of unbranched alkanes of at least 4 members (excludes halogenated alkanes) is 6. The first-order valence-electron chi connectivity index (χ1n) is 13.8. The van der Waals surface area contributed by atoms with Gasteiger partial charge in [0.1, 0.15) is 0 Å². The van der Waals surface area contributed by atoms with Gasteiger partial charge in [0, 0.05) is 0 Å². The molecule has 3 aromatic rings. The lowest BCUT2D eigenvalue weighted by Gasteiger charge is -2.27. The summed E-state index contributed by atoms with van der Waals surface area (Å²) in [4.78, 5) is 0. The molecule has 0 saturated heterocycles. The van der Waals surface area contributed by atoms with E-state index in [9.17, 15) is 0 Å². The molecule has 0 N–H and O–H groups in total. The van der Waals surface area contributed by atoms with E-state index in [2.05, 4.69) is 93.6 Å². The van der Waals surface area contributed by atoms with Gasteiger partial charge >= 0.3 is 0 Å². The fraction of sp³-hybridized carbons (Fsp3) is 0.455. The molecule has 182 valence electrons. The van der Waals surface area contributed by atoms with Crippen LogP contribution in [0.5, 0.6) is 0 Å². The minimum Gasteiger partial charge on any atom is -0.0654 e. The zero-order valence-electron chi connectivity index (χ0n) is 21.9. The molecule has 0 aliphatic carbocycles. The zero-order chi connectivity index (χ0) is 24.0. The molecule has 1 heteroatoms. The summed E-state index contributed by atoms with van der Waals surface area (Å²) in [5.74, 6) is 0. The summed E-state index contributed by atoms with van der Waals surface area (Å²) in [7, 11) is -0.558. The molecule has 3 rings (SSSR count). The number of hydrogen-bond acceptors (Lipinski definition) is 0. The van der Waals surface area contributed by atoms with Crippen molar-refractivity contribution in [3.05, 3.63) is 89.5 Å². The van der Waals surface area contributed by atoms with E-state index < -0.39 is 7.92 Å². The van der Waals surface area contributed by atoms with Gasteiger partial charge in [-0.05, 0) is 79.1 Å². The lowest BCUT2D eigenvalue weighted by atomic mass is 9.95. The molecule has 0 bridgehead atoms. The van der Waals surface area contributed by atoms with Gasteiger partial charge < -0.3 is 0 Å². The van der Waals surface area contributed by atoms with Gasteiger partial charge in [0.15, 0.2) is 0 Å². The Labute approximate surface area is 211 Å². The standard InChI is InChI=1S/C33H45P/c1-4-7-12-19-28-26-29(20-13-8-5-2)33(30(27-28)21-14-9-6-3)34(31-22-15-10-16-23-31)32-24-17-11-18-25-32/h10-11,15-18,22-27H,4-9,12-14,19-21H2,1-3H3. The molecular weight excluding hydrogens is 427 g/mol. The van der Waals surface area contributed by atoms with E-state index in [0.717, 1.165) is 0 Å². The van der Waals surface area contributed by atoms with Gasteiger partial charge in [-0.2, -0.15) is 0 Å². The van der Waals surface area contributed by atoms with Crippen molar-refractivity contribution >= 4 is 23.8 Å². The largest absolute Gasteiger partial charge is 0.0654 e. The summed E-state index contributed by atoms with van der Waals surface area (Å²) < 4.78 is 0. The van der Waals surface area contributed by atoms with Crippen LogP contribution in [0, 0.1) is 0 Å². The first kappa shape index (κ1) is 26.7. The van der Waals surface area contributed by atoms with Crippen LogP contribution in [-0.2, 0) is 19.3 Å². The van der Waals surface area contributed by atoms with E-state index in [1.54, 1.807) is 22.0 Å². The molecule has 0 fully saturated rings. The average Bonchev–Trinajstić information content (AvgIpc) is 2.87. The van der Waals surface area contributed by atoms with E-state index in [-0.39, 0.29) is 0 Å². The second-order valence-corrected chi connectivity index (χ2v) is 11.8. The summed E-state index contributed by atoms with van der Waals surface area (Å²) >= 11 is 0. The smallest absolute Gasteiger partial charge is 0.00868 e. The Morgan fingerprint density at radius 2 is 0.912 bits per heavy atom. The highest BCUT2D eigenvalue weighted by molar-refractivity contribution is 7.80. The maximum absolute atomic E-state index is 2.60. The fourth-order valence-corrected chi connectivity index (χ4v) is 7.60. The normalized spacial score (nSPS) is 11.3. The predicted octanol–water partition coefficient (Wildman–Crippen LogP) is 8.64. The Kier molecular flexibility index (Phi) is 11.9. The molecule has 0 aliphatic heterocycles. The molecule has 0 amide bonds. The molecule has 0 heterocycles. The van der Waals surface area contributed by atoms with Crippen LogP contribution in [0.25, 0.3) is 0 Å². The van der Waals surface area contributed by atoms with Gasteiger partial charge in [-0.3, -0.25) is 0 Å². The van der Waals surface area contributed by atoms with Crippen LogP contribution in [0.4, 0.5) is 0 Å². The quantitative estimate of drug-likeness (QED) is 0.153. The predicted molar refractivity (Wildman–Crippen MR) is 155 cm³/mol. The van der Waals surface area contributed by atoms with Crippen LogP contribution in [0.15, 0.2) is 72.8 Å². The molecule has 0 aliphatic rings. The van der Waals surface area contributed by atoms with E-state index >= 15 is 0 Å². The van der Waals surface area contributed by atoms with E-state index in [4.69, 9.17) is 0 Å². The molecule has 0 aromatic heterocycles. The minimum absolute atomic E-state index is 0.558. The van der Waals surface area contributed by atoms with Gasteiger partial charge in [0.2, 0.25) is 0 Å². The first-order valence-corrected chi connectivity index (χ1v) is 15.2. The second-order valence-electron chi connectivity index (χ2n) is 9.64. The third-order valence-corrected chi connectivity index (χ3v) is 9.40. The van der Waals surface area contributed by atoms with Crippen molar-refractivity contribution in [2.24, 2.45) is 0 Å². The topological polar surface area (TPSA) is 0 Å². The first-order chi connectivity index (χ1) is 16.8. The van der Waals surface area contributed by atoms with Crippen LogP contribution >= 0.6 is 7.92 Å². The molecule has 0 unspecified atom stereocenters. The number of benzene rings is 3. The summed E-state index contributed by atoms with van der Waals surface area (Å²) in [6, 6.07) is 27.8. The highest BCUT2D eigenvalue weighted by Crippen LogP contribution is 2.37. The molecule has 0 nitrogen and oxygen atoms in total. The van der Waals surface area contributed by atoms with Crippen molar-refractivity contribution in [1.82, 2.24) is 0 Å². The Hall–Kier alpha value is -1.91. The molecule has 0 saturated carbocycles. The second kappa shape index (κ2) is 15.2. The summed E-state index contributed by atoms with van der Waals surface area (Å²) in [6.45, 7) is 6.94. The van der Waals surface area contributed by atoms with E-state index in [0.29, 0.717) is 0 Å². The Balaban J connectivity index is 2.15. The number of hydrogen-bond donors (Lipinski definition) is 0. The lowest BCUT2D eigenvalue weighted by Crippen LogP contribution is -2.27. The van der Waals surface area contributed by atoms with Crippen LogP contribution < -0.4 is 15.9 Å².